The summed E-state index contributed by atoms with van der Waals surface area (Å²) in [4.78, 5) is 8.08. The Kier molecular flexibility index (Phi) is 4.15. The molecule has 8 heteroatoms. The molecule has 0 saturated heterocycles. The van der Waals surface area contributed by atoms with Gasteiger partial charge in [-0.3, -0.25) is 5.10 Å². The Balaban J connectivity index is 1.93. The Hall–Kier alpha value is -3.00. The molecule has 1 aromatic carbocycles. The Morgan fingerprint density at radius 2 is 1.91 bits per heavy atom. The first-order chi connectivity index (χ1) is 11.2. The zero-order valence-corrected chi connectivity index (χ0v) is 12.5. The van der Waals surface area contributed by atoms with Crippen LogP contribution in [-0.4, -0.2) is 20.2 Å². The van der Waals surface area contributed by atoms with Crippen LogP contribution in [-0.2, 0) is 6.42 Å². The van der Waals surface area contributed by atoms with Gasteiger partial charge in [-0.25, -0.2) is 20.2 Å². The summed E-state index contributed by atoms with van der Waals surface area (Å²) in [6.07, 6.45) is 2.15. The van der Waals surface area contributed by atoms with Crippen molar-refractivity contribution in [3.8, 4) is 11.3 Å². The highest BCUT2D eigenvalue weighted by atomic mass is 19.1. The van der Waals surface area contributed by atoms with Gasteiger partial charge in [0.15, 0.2) is 5.82 Å². The molecular weight excluding hydrogens is 297 g/mol. The van der Waals surface area contributed by atoms with Gasteiger partial charge in [-0.1, -0.05) is 6.92 Å². The average molecular weight is 313 g/mol. The molecule has 2 aromatic heterocycles. The topological polar surface area (TPSA) is 105 Å². The fraction of sp³-hybridized carbons (Fsp3) is 0.133. The summed E-state index contributed by atoms with van der Waals surface area (Å²) in [5.74, 6) is 6.79. The van der Waals surface area contributed by atoms with Crippen LogP contribution in [0.25, 0.3) is 11.3 Å². The third kappa shape index (κ3) is 3.11. The third-order valence-corrected chi connectivity index (χ3v) is 3.42. The largest absolute Gasteiger partial charge is 0.323 e. The minimum absolute atomic E-state index is 0.271. The number of nitrogens with zero attached hydrogens (tertiary/aromatic N) is 3. The number of hydrogen-bond acceptors (Lipinski definition) is 6. The van der Waals surface area contributed by atoms with Crippen molar-refractivity contribution in [3.63, 3.8) is 0 Å². The molecule has 0 bridgehead atoms. The van der Waals surface area contributed by atoms with Crippen molar-refractivity contribution in [2.24, 2.45) is 5.84 Å². The van der Waals surface area contributed by atoms with Crippen LogP contribution in [0.4, 0.5) is 21.8 Å². The lowest BCUT2D eigenvalue weighted by atomic mass is 10.1. The van der Waals surface area contributed by atoms with Crippen molar-refractivity contribution >= 4 is 17.5 Å². The maximum Gasteiger partial charge on any atom is 0.157 e. The summed E-state index contributed by atoms with van der Waals surface area (Å²) >= 11 is 0. The molecule has 5 N–H and O–H groups in total. The van der Waals surface area contributed by atoms with E-state index in [-0.39, 0.29) is 5.82 Å². The molecule has 0 atom stereocenters. The van der Waals surface area contributed by atoms with Crippen LogP contribution in [0.2, 0.25) is 0 Å². The quantitative estimate of drug-likeness (QED) is 0.426. The van der Waals surface area contributed by atoms with Gasteiger partial charge in [-0.15, -0.1) is 0 Å². The lowest BCUT2D eigenvalue weighted by molar-refractivity contribution is 0.628. The van der Waals surface area contributed by atoms with E-state index in [4.69, 9.17) is 5.84 Å². The fourth-order valence-corrected chi connectivity index (χ4v) is 2.29. The maximum atomic E-state index is 13.1. The van der Waals surface area contributed by atoms with Crippen molar-refractivity contribution in [2.75, 3.05) is 10.7 Å². The monoisotopic (exact) mass is 313 g/mol. The highest BCUT2D eigenvalue weighted by Crippen LogP contribution is 2.29. The minimum Gasteiger partial charge on any atom is -0.323 e. The number of hydrazine groups is 1. The van der Waals surface area contributed by atoms with Gasteiger partial charge in [0.05, 0.1) is 5.69 Å². The number of benzene rings is 1. The van der Waals surface area contributed by atoms with Crippen LogP contribution in [0.1, 0.15) is 12.5 Å². The first-order valence-electron chi connectivity index (χ1n) is 7.10. The molecule has 0 spiro atoms. The molecule has 7 nitrogen and oxygen atoms in total. The lowest BCUT2D eigenvalue weighted by Gasteiger charge is -2.07. The molecule has 0 amide bonds. The summed E-state index contributed by atoms with van der Waals surface area (Å²) in [5, 5.41) is 10.4. The molecule has 0 saturated carbocycles. The highest BCUT2D eigenvalue weighted by Gasteiger charge is 2.14. The third-order valence-electron chi connectivity index (χ3n) is 3.42. The van der Waals surface area contributed by atoms with Gasteiger partial charge >= 0.3 is 0 Å². The predicted octanol–water partition coefficient (Wildman–Crippen LogP) is 2.60. The Labute approximate surface area is 132 Å². The van der Waals surface area contributed by atoms with E-state index >= 15 is 0 Å². The number of halogens is 1. The number of nitrogens with two attached hydrogens (primary N) is 1. The summed E-state index contributed by atoms with van der Waals surface area (Å²) < 4.78 is 13.1. The number of H-pyrrole nitrogens is 1. The van der Waals surface area contributed by atoms with Crippen molar-refractivity contribution in [3.05, 3.63) is 48.0 Å². The number of nitrogen functional groups attached to an aromatic ring is 1. The molecule has 2 heterocycles. The molecule has 0 fully saturated rings. The average Bonchev–Trinajstić information content (AvgIpc) is 2.98. The van der Waals surface area contributed by atoms with E-state index in [1.165, 1.54) is 18.5 Å². The Bertz CT molecular complexity index is 798. The van der Waals surface area contributed by atoms with Crippen molar-refractivity contribution in [2.45, 2.75) is 13.3 Å². The number of nitrogens with one attached hydrogen (secondary N) is 3. The normalized spacial score (nSPS) is 10.6. The van der Waals surface area contributed by atoms with Gasteiger partial charge in [-0.2, -0.15) is 5.10 Å². The molecule has 3 aromatic rings. The van der Waals surface area contributed by atoms with Gasteiger partial charge in [0.1, 0.15) is 23.8 Å². The summed E-state index contributed by atoms with van der Waals surface area (Å²) in [7, 11) is 0. The summed E-state index contributed by atoms with van der Waals surface area (Å²) in [6, 6.07) is 7.95. The number of aromatic amines is 1. The van der Waals surface area contributed by atoms with E-state index in [9.17, 15) is 4.39 Å². The molecule has 0 aliphatic carbocycles. The molecule has 0 aliphatic heterocycles. The second-order valence-electron chi connectivity index (χ2n) is 4.84. The fourth-order valence-electron chi connectivity index (χ4n) is 2.29. The van der Waals surface area contributed by atoms with E-state index in [0.29, 0.717) is 17.5 Å². The lowest BCUT2D eigenvalue weighted by Crippen LogP contribution is -2.09. The molecular formula is C15H16FN7. The highest BCUT2D eigenvalue weighted by molar-refractivity contribution is 5.71. The second kappa shape index (κ2) is 6.41. The molecule has 118 valence electrons. The second-order valence-corrected chi connectivity index (χ2v) is 4.84. The minimum atomic E-state index is -0.271. The van der Waals surface area contributed by atoms with Crippen LogP contribution in [0.5, 0.6) is 0 Å². The van der Waals surface area contributed by atoms with Gasteiger partial charge in [0, 0.05) is 17.2 Å². The number of hydrogen-bond donors (Lipinski definition) is 4. The van der Waals surface area contributed by atoms with Gasteiger partial charge in [-0.05, 0) is 30.7 Å². The first-order valence-corrected chi connectivity index (χ1v) is 7.10. The molecule has 0 unspecified atom stereocenters. The van der Waals surface area contributed by atoms with E-state index in [0.717, 1.165) is 23.2 Å². The first kappa shape index (κ1) is 14.9. The SMILES string of the molecule is CCc1c(Nc2cc(NN)ncn2)n[nH]c1-c1ccc(F)cc1. The number of rotatable bonds is 5. The van der Waals surface area contributed by atoms with Crippen LogP contribution >= 0.6 is 0 Å². The smallest absolute Gasteiger partial charge is 0.157 e. The van der Waals surface area contributed by atoms with Gasteiger partial charge in [0.25, 0.3) is 0 Å². The van der Waals surface area contributed by atoms with Crippen LogP contribution < -0.4 is 16.6 Å². The van der Waals surface area contributed by atoms with E-state index in [1.54, 1.807) is 18.2 Å². The van der Waals surface area contributed by atoms with Crippen LogP contribution in [0.3, 0.4) is 0 Å². The molecule has 23 heavy (non-hydrogen) atoms. The standard InChI is InChI=1S/C15H16FN7/c1-2-11-14(9-3-5-10(16)6-4-9)22-23-15(11)20-12-7-13(21-17)19-8-18-12/h3-8H,2,17H2,1H3,(H3,18,19,20,21,22,23). The molecule has 3 rings (SSSR count). The number of aromatic nitrogens is 4. The van der Waals surface area contributed by atoms with E-state index in [1.807, 2.05) is 6.92 Å². The van der Waals surface area contributed by atoms with Gasteiger partial charge < -0.3 is 10.7 Å². The van der Waals surface area contributed by atoms with Crippen molar-refractivity contribution < 1.29 is 4.39 Å². The Morgan fingerprint density at radius 3 is 2.61 bits per heavy atom. The molecule has 0 radical (unpaired) electrons. The van der Waals surface area contributed by atoms with Crippen molar-refractivity contribution in [1.29, 1.82) is 0 Å². The molecule has 0 aliphatic rings. The van der Waals surface area contributed by atoms with Crippen LogP contribution in [0, 0.1) is 5.82 Å². The number of anilines is 3. The predicted molar refractivity (Wildman–Crippen MR) is 86.5 cm³/mol. The van der Waals surface area contributed by atoms with E-state index in [2.05, 4.69) is 30.9 Å². The van der Waals surface area contributed by atoms with Crippen LogP contribution in [0.15, 0.2) is 36.7 Å². The van der Waals surface area contributed by atoms with Crippen molar-refractivity contribution in [1.82, 2.24) is 20.2 Å². The summed E-state index contributed by atoms with van der Waals surface area (Å²) in [6.45, 7) is 2.02. The van der Waals surface area contributed by atoms with Gasteiger partial charge in [0.2, 0.25) is 0 Å². The van der Waals surface area contributed by atoms with E-state index < -0.39 is 0 Å². The Morgan fingerprint density at radius 1 is 1.17 bits per heavy atom. The zero-order chi connectivity index (χ0) is 16.2. The zero-order valence-electron chi connectivity index (χ0n) is 12.5. The summed E-state index contributed by atoms with van der Waals surface area (Å²) in [5.41, 5.74) is 5.17. The maximum absolute atomic E-state index is 13.1.